The quantitative estimate of drug-likeness (QED) is 0.681. The normalized spacial score (nSPS) is 19.6. The molecule has 5 heteroatoms. The third-order valence-electron chi connectivity index (χ3n) is 3.01. The molecule has 1 aliphatic heterocycles. The number of carboxylic acids is 1. The van der Waals surface area contributed by atoms with E-state index in [0.29, 0.717) is 26.1 Å². The Labute approximate surface area is 102 Å². The van der Waals surface area contributed by atoms with Crippen molar-refractivity contribution in [2.75, 3.05) is 26.3 Å². The lowest BCUT2D eigenvalue weighted by atomic mass is 10.1. The van der Waals surface area contributed by atoms with E-state index in [9.17, 15) is 9.59 Å². The van der Waals surface area contributed by atoms with E-state index in [4.69, 9.17) is 9.84 Å². The first-order valence-corrected chi connectivity index (χ1v) is 6.23. The van der Waals surface area contributed by atoms with E-state index in [1.165, 1.54) is 0 Å². The molecular weight excluding hydrogens is 222 g/mol. The molecule has 0 radical (unpaired) electrons. The van der Waals surface area contributed by atoms with E-state index in [2.05, 4.69) is 6.92 Å². The zero-order valence-electron chi connectivity index (χ0n) is 10.4. The Hall–Kier alpha value is -1.10. The van der Waals surface area contributed by atoms with Crippen LogP contribution in [0.2, 0.25) is 0 Å². The fraction of sp³-hybridized carbons (Fsp3) is 0.833. The Morgan fingerprint density at radius 1 is 1.41 bits per heavy atom. The minimum Gasteiger partial charge on any atom is -0.481 e. The zero-order chi connectivity index (χ0) is 12.7. The van der Waals surface area contributed by atoms with Gasteiger partial charge in [0.05, 0.1) is 5.92 Å². The topological polar surface area (TPSA) is 66.8 Å². The minimum atomic E-state index is -0.816. The lowest BCUT2D eigenvalue weighted by Gasteiger charge is -2.15. The monoisotopic (exact) mass is 243 g/mol. The average molecular weight is 243 g/mol. The average Bonchev–Trinajstić information content (AvgIpc) is 2.78. The number of nitrogens with zero attached hydrogens (tertiary/aromatic N) is 1. The number of rotatable bonds is 7. The van der Waals surface area contributed by atoms with Crippen molar-refractivity contribution in [2.24, 2.45) is 5.92 Å². The first-order valence-electron chi connectivity index (χ1n) is 6.23. The van der Waals surface area contributed by atoms with Crippen LogP contribution in [0, 0.1) is 5.92 Å². The van der Waals surface area contributed by atoms with Gasteiger partial charge in [-0.25, -0.2) is 0 Å². The standard InChI is InChI=1S/C12H21NO4/c1-2-3-4-7-17-9-11(14)13-6-5-10(8-13)12(15)16/h10H,2-9H2,1H3,(H,15,16). The second-order valence-electron chi connectivity index (χ2n) is 4.42. The first-order chi connectivity index (χ1) is 8.15. The Morgan fingerprint density at radius 2 is 2.18 bits per heavy atom. The molecule has 1 heterocycles. The van der Waals surface area contributed by atoms with Crippen LogP contribution in [0.1, 0.15) is 32.6 Å². The van der Waals surface area contributed by atoms with Gasteiger partial charge >= 0.3 is 5.97 Å². The Morgan fingerprint density at radius 3 is 2.76 bits per heavy atom. The Bertz CT molecular complexity index is 267. The molecule has 1 amide bonds. The maximum absolute atomic E-state index is 11.7. The molecule has 0 aromatic rings. The third kappa shape index (κ3) is 4.73. The van der Waals surface area contributed by atoms with Crippen LogP contribution in [-0.2, 0) is 14.3 Å². The van der Waals surface area contributed by atoms with Crippen LogP contribution in [0.25, 0.3) is 0 Å². The van der Waals surface area contributed by atoms with Gasteiger partial charge in [0.15, 0.2) is 0 Å². The van der Waals surface area contributed by atoms with E-state index < -0.39 is 11.9 Å². The van der Waals surface area contributed by atoms with Gasteiger partial charge in [-0.15, -0.1) is 0 Å². The number of carbonyl (C=O) groups is 2. The van der Waals surface area contributed by atoms with Crippen molar-refractivity contribution < 1.29 is 19.4 Å². The zero-order valence-corrected chi connectivity index (χ0v) is 10.4. The number of carboxylic acid groups (broad SMARTS) is 1. The van der Waals surface area contributed by atoms with Gasteiger partial charge in [0.1, 0.15) is 6.61 Å². The molecule has 1 unspecified atom stereocenters. The Balaban J connectivity index is 2.14. The number of unbranched alkanes of at least 4 members (excludes halogenated alkanes) is 2. The highest BCUT2D eigenvalue weighted by molar-refractivity contribution is 5.79. The van der Waals surface area contributed by atoms with Crippen LogP contribution in [0.4, 0.5) is 0 Å². The summed E-state index contributed by atoms with van der Waals surface area (Å²) in [7, 11) is 0. The van der Waals surface area contributed by atoms with Crippen molar-refractivity contribution in [1.29, 1.82) is 0 Å². The van der Waals surface area contributed by atoms with E-state index >= 15 is 0 Å². The fourth-order valence-electron chi connectivity index (χ4n) is 1.89. The highest BCUT2D eigenvalue weighted by Crippen LogP contribution is 2.16. The van der Waals surface area contributed by atoms with Crippen LogP contribution in [0.15, 0.2) is 0 Å². The second-order valence-corrected chi connectivity index (χ2v) is 4.42. The van der Waals surface area contributed by atoms with Gasteiger partial charge in [0, 0.05) is 19.7 Å². The summed E-state index contributed by atoms with van der Waals surface area (Å²) in [6, 6.07) is 0. The molecular formula is C12H21NO4. The third-order valence-corrected chi connectivity index (χ3v) is 3.01. The predicted molar refractivity (Wildman–Crippen MR) is 62.7 cm³/mol. The largest absolute Gasteiger partial charge is 0.481 e. The molecule has 1 rings (SSSR count). The summed E-state index contributed by atoms with van der Waals surface area (Å²) < 4.78 is 5.27. The molecule has 0 aromatic heterocycles. The molecule has 1 fully saturated rings. The molecule has 0 aliphatic carbocycles. The molecule has 1 N–H and O–H groups in total. The van der Waals surface area contributed by atoms with Crippen molar-refractivity contribution in [3.63, 3.8) is 0 Å². The minimum absolute atomic E-state index is 0.0794. The number of amides is 1. The van der Waals surface area contributed by atoms with Gasteiger partial charge in [0.25, 0.3) is 0 Å². The SMILES string of the molecule is CCCCCOCC(=O)N1CCC(C(=O)O)C1. The van der Waals surface area contributed by atoms with E-state index in [0.717, 1.165) is 19.3 Å². The van der Waals surface area contributed by atoms with Gasteiger partial charge < -0.3 is 14.7 Å². The number of ether oxygens (including phenoxy) is 1. The van der Waals surface area contributed by atoms with Crippen LogP contribution in [0.3, 0.4) is 0 Å². The lowest BCUT2D eigenvalue weighted by Crippen LogP contribution is -2.33. The predicted octanol–water partition coefficient (Wildman–Crippen LogP) is 1.13. The summed E-state index contributed by atoms with van der Waals surface area (Å²) in [6.07, 6.45) is 3.77. The van der Waals surface area contributed by atoms with Crippen LogP contribution < -0.4 is 0 Å². The van der Waals surface area contributed by atoms with Crippen LogP contribution >= 0.6 is 0 Å². The molecule has 17 heavy (non-hydrogen) atoms. The number of carbonyl (C=O) groups excluding carboxylic acids is 1. The molecule has 5 nitrogen and oxygen atoms in total. The summed E-state index contributed by atoms with van der Waals surface area (Å²) in [5.41, 5.74) is 0. The van der Waals surface area contributed by atoms with Crippen molar-refractivity contribution in [3.05, 3.63) is 0 Å². The van der Waals surface area contributed by atoms with Crippen LogP contribution in [-0.4, -0.2) is 48.2 Å². The molecule has 0 spiro atoms. The first kappa shape index (κ1) is 14.0. The summed E-state index contributed by atoms with van der Waals surface area (Å²) in [5, 5.41) is 8.82. The molecule has 98 valence electrons. The van der Waals surface area contributed by atoms with E-state index in [1.54, 1.807) is 4.90 Å². The second kappa shape index (κ2) is 7.27. The van der Waals surface area contributed by atoms with Crippen molar-refractivity contribution >= 4 is 11.9 Å². The van der Waals surface area contributed by atoms with E-state index in [-0.39, 0.29) is 12.5 Å². The summed E-state index contributed by atoms with van der Waals surface area (Å²) in [5.74, 6) is -1.31. The van der Waals surface area contributed by atoms with Gasteiger partial charge in [-0.05, 0) is 12.8 Å². The van der Waals surface area contributed by atoms with E-state index in [1.807, 2.05) is 0 Å². The molecule has 1 aliphatic rings. The molecule has 1 atom stereocenters. The fourth-order valence-corrected chi connectivity index (χ4v) is 1.89. The maximum atomic E-state index is 11.7. The van der Waals surface area contributed by atoms with Crippen molar-refractivity contribution in [2.45, 2.75) is 32.6 Å². The maximum Gasteiger partial charge on any atom is 0.308 e. The lowest BCUT2D eigenvalue weighted by molar-refractivity contribution is -0.141. The summed E-state index contributed by atoms with van der Waals surface area (Å²) in [4.78, 5) is 24.0. The number of hydrogen-bond donors (Lipinski definition) is 1. The smallest absolute Gasteiger partial charge is 0.308 e. The van der Waals surface area contributed by atoms with Gasteiger partial charge in [-0.1, -0.05) is 19.8 Å². The number of hydrogen-bond acceptors (Lipinski definition) is 3. The molecule has 0 aromatic carbocycles. The highest BCUT2D eigenvalue weighted by Gasteiger charge is 2.30. The van der Waals surface area contributed by atoms with Crippen molar-refractivity contribution in [3.8, 4) is 0 Å². The number of likely N-dealkylation sites (tertiary alicyclic amines) is 1. The Kier molecular flexibility index (Phi) is 5.97. The van der Waals surface area contributed by atoms with Gasteiger partial charge in [0.2, 0.25) is 5.91 Å². The van der Waals surface area contributed by atoms with Crippen molar-refractivity contribution in [1.82, 2.24) is 4.90 Å². The van der Waals surface area contributed by atoms with Crippen LogP contribution in [0.5, 0.6) is 0 Å². The van der Waals surface area contributed by atoms with Gasteiger partial charge in [-0.2, -0.15) is 0 Å². The van der Waals surface area contributed by atoms with Gasteiger partial charge in [-0.3, -0.25) is 9.59 Å². The molecule has 0 bridgehead atoms. The number of aliphatic carboxylic acids is 1. The molecule has 1 saturated heterocycles. The summed E-state index contributed by atoms with van der Waals surface area (Å²) >= 11 is 0. The summed E-state index contributed by atoms with van der Waals surface area (Å²) in [6.45, 7) is 3.66. The highest BCUT2D eigenvalue weighted by atomic mass is 16.5. The molecule has 0 saturated carbocycles.